The Morgan fingerprint density at radius 3 is 2.00 bits per heavy atom. The standard InChI is InChI=1S/C10H17F3/c1-2-3-4-5-6-7-8-9-10(11,12)13/h5-6H,2-4,7-9H2,1H3/b6-5+. The Kier molecular flexibility index (Phi) is 6.73. The first-order chi connectivity index (χ1) is 6.06. The lowest BCUT2D eigenvalue weighted by atomic mass is 10.2. The second-order valence-electron chi connectivity index (χ2n) is 3.12. The van der Waals surface area contributed by atoms with Gasteiger partial charge in [0.1, 0.15) is 0 Å². The Morgan fingerprint density at radius 2 is 1.54 bits per heavy atom. The van der Waals surface area contributed by atoms with E-state index >= 15 is 0 Å². The molecule has 0 fully saturated rings. The zero-order valence-electron chi connectivity index (χ0n) is 8.03. The average Bonchev–Trinajstić information content (AvgIpc) is 2.01. The van der Waals surface area contributed by atoms with Crippen LogP contribution in [0.5, 0.6) is 0 Å². The van der Waals surface area contributed by atoms with Crippen LogP contribution in [0.3, 0.4) is 0 Å². The molecule has 0 aliphatic heterocycles. The quantitative estimate of drug-likeness (QED) is 0.432. The van der Waals surface area contributed by atoms with Crippen molar-refractivity contribution in [2.75, 3.05) is 0 Å². The van der Waals surface area contributed by atoms with E-state index < -0.39 is 12.6 Å². The predicted octanol–water partition coefficient (Wildman–Crippen LogP) is 4.47. The van der Waals surface area contributed by atoms with Crippen molar-refractivity contribution in [2.24, 2.45) is 0 Å². The topological polar surface area (TPSA) is 0 Å². The number of halogens is 3. The van der Waals surface area contributed by atoms with Crippen molar-refractivity contribution in [3.05, 3.63) is 12.2 Å². The van der Waals surface area contributed by atoms with Crippen molar-refractivity contribution in [1.29, 1.82) is 0 Å². The SMILES string of the molecule is CCCC/C=C/CCCC(F)(F)F. The molecule has 0 atom stereocenters. The number of unbranched alkanes of at least 4 members (excludes halogenated alkanes) is 3. The third-order valence-corrected chi connectivity index (χ3v) is 1.72. The highest BCUT2D eigenvalue weighted by Gasteiger charge is 2.25. The van der Waals surface area contributed by atoms with E-state index in [-0.39, 0.29) is 6.42 Å². The molecule has 0 N–H and O–H groups in total. The van der Waals surface area contributed by atoms with Crippen molar-refractivity contribution < 1.29 is 13.2 Å². The molecule has 0 aromatic rings. The summed E-state index contributed by atoms with van der Waals surface area (Å²) < 4.78 is 35.0. The number of rotatable bonds is 6. The van der Waals surface area contributed by atoms with Gasteiger partial charge in [0.25, 0.3) is 0 Å². The molecular formula is C10H17F3. The smallest absolute Gasteiger partial charge is 0.171 e. The third kappa shape index (κ3) is 11.5. The molecular weight excluding hydrogens is 177 g/mol. The summed E-state index contributed by atoms with van der Waals surface area (Å²) in [6.45, 7) is 2.09. The molecule has 0 heterocycles. The van der Waals surface area contributed by atoms with Gasteiger partial charge in [-0.05, 0) is 19.3 Å². The molecule has 0 aliphatic rings. The van der Waals surface area contributed by atoms with E-state index in [1.807, 2.05) is 12.2 Å². The zero-order valence-corrected chi connectivity index (χ0v) is 8.03. The molecule has 0 aliphatic carbocycles. The van der Waals surface area contributed by atoms with Crippen LogP contribution in [-0.2, 0) is 0 Å². The van der Waals surface area contributed by atoms with Crippen LogP contribution in [0.2, 0.25) is 0 Å². The lowest BCUT2D eigenvalue weighted by molar-refractivity contribution is -0.135. The van der Waals surface area contributed by atoms with Gasteiger partial charge in [0, 0.05) is 6.42 Å². The molecule has 0 unspecified atom stereocenters. The van der Waals surface area contributed by atoms with Gasteiger partial charge in [0.15, 0.2) is 0 Å². The number of hydrogen-bond acceptors (Lipinski definition) is 0. The van der Waals surface area contributed by atoms with Crippen LogP contribution in [0, 0.1) is 0 Å². The molecule has 13 heavy (non-hydrogen) atoms. The second kappa shape index (κ2) is 6.98. The summed E-state index contributed by atoms with van der Waals surface area (Å²) >= 11 is 0. The first kappa shape index (κ1) is 12.5. The van der Waals surface area contributed by atoms with Gasteiger partial charge >= 0.3 is 6.18 Å². The summed E-state index contributed by atoms with van der Waals surface area (Å²) in [5.41, 5.74) is 0. The Labute approximate surface area is 77.8 Å². The van der Waals surface area contributed by atoms with Crippen molar-refractivity contribution in [1.82, 2.24) is 0 Å². The molecule has 0 saturated heterocycles. The van der Waals surface area contributed by atoms with Crippen molar-refractivity contribution in [3.63, 3.8) is 0 Å². The van der Waals surface area contributed by atoms with Crippen LogP contribution in [0.15, 0.2) is 12.2 Å². The van der Waals surface area contributed by atoms with E-state index in [4.69, 9.17) is 0 Å². The second-order valence-corrected chi connectivity index (χ2v) is 3.12. The fourth-order valence-electron chi connectivity index (χ4n) is 0.978. The van der Waals surface area contributed by atoms with Crippen LogP contribution in [-0.4, -0.2) is 6.18 Å². The lowest BCUT2D eigenvalue weighted by Crippen LogP contribution is -2.05. The first-order valence-electron chi connectivity index (χ1n) is 4.78. The molecule has 0 amide bonds. The van der Waals surface area contributed by atoms with Gasteiger partial charge < -0.3 is 0 Å². The van der Waals surface area contributed by atoms with Gasteiger partial charge in [0.05, 0.1) is 0 Å². The van der Waals surface area contributed by atoms with Crippen molar-refractivity contribution in [3.8, 4) is 0 Å². The van der Waals surface area contributed by atoms with E-state index in [9.17, 15) is 13.2 Å². The first-order valence-corrected chi connectivity index (χ1v) is 4.78. The Bertz CT molecular complexity index is 136. The maximum absolute atomic E-state index is 11.7. The molecule has 3 heteroatoms. The van der Waals surface area contributed by atoms with Gasteiger partial charge in [0.2, 0.25) is 0 Å². The highest BCUT2D eigenvalue weighted by Crippen LogP contribution is 2.22. The van der Waals surface area contributed by atoms with Crippen LogP contribution >= 0.6 is 0 Å². The van der Waals surface area contributed by atoms with Gasteiger partial charge in [-0.25, -0.2) is 0 Å². The fourth-order valence-corrected chi connectivity index (χ4v) is 0.978. The van der Waals surface area contributed by atoms with Gasteiger partial charge in [-0.3, -0.25) is 0 Å². The Morgan fingerprint density at radius 1 is 1.00 bits per heavy atom. The molecule has 0 nitrogen and oxygen atoms in total. The van der Waals surface area contributed by atoms with Gasteiger partial charge in [-0.2, -0.15) is 13.2 Å². The molecule has 0 rings (SSSR count). The van der Waals surface area contributed by atoms with E-state index in [0.29, 0.717) is 6.42 Å². The molecule has 0 spiro atoms. The van der Waals surface area contributed by atoms with Crippen LogP contribution < -0.4 is 0 Å². The lowest BCUT2D eigenvalue weighted by Gasteiger charge is -2.02. The van der Waals surface area contributed by atoms with E-state index in [0.717, 1.165) is 19.3 Å². The van der Waals surface area contributed by atoms with E-state index in [2.05, 4.69) is 6.92 Å². The number of alkyl halides is 3. The average molecular weight is 194 g/mol. The maximum Gasteiger partial charge on any atom is 0.389 e. The van der Waals surface area contributed by atoms with Crippen molar-refractivity contribution >= 4 is 0 Å². The minimum atomic E-state index is -3.99. The number of allylic oxidation sites excluding steroid dienone is 2. The van der Waals surface area contributed by atoms with Crippen molar-refractivity contribution in [2.45, 2.75) is 51.6 Å². The third-order valence-electron chi connectivity index (χ3n) is 1.72. The van der Waals surface area contributed by atoms with Crippen LogP contribution in [0.25, 0.3) is 0 Å². The molecule has 0 aromatic heterocycles. The van der Waals surface area contributed by atoms with Gasteiger partial charge in [-0.15, -0.1) is 0 Å². The summed E-state index contributed by atoms with van der Waals surface area (Å²) in [6.07, 6.45) is 3.17. The van der Waals surface area contributed by atoms with Crippen LogP contribution in [0.4, 0.5) is 13.2 Å². The predicted molar refractivity (Wildman–Crippen MR) is 48.6 cm³/mol. The summed E-state index contributed by atoms with van der Waals surface area (Å²) in [6, 6.07) is 0. The zero-order chi connectivity index (χ0) is 10.2. The number of hydrogen-bond donors (Lipinski definition) is 0. The largest absolute Gasteiger partial charge is 0.389 e. The molecule has 0 radical (unpaired) electrons. The minimum Gasteiger partial charge on any atom is -0.171 e. The van der Waals surface area contributed by atoms with E-state index in [1.54, 1.807) is 0 Å². The summed E-state index contributed by atoms with van der Waals surface area (Å²) in [5, 5.41) is 0. The molecule has 0 saturated carbocycles. The summed E-state index contributed by atoms with van der Waals surface area (Å²) in [4.78, 5) is 0. The maximum atomic E-state index is 11.7. The Balaban J connectivity index is 3.20. The van der Waals surface area contributed by atoms with E-state index in [1.165, 1.54) is 0 Å². The van der Waals surface area contributed by atoms with Crippen LogP contribution in [0.1, 0.15) is 45.4 Å². The fraction of sp³-hybridized carbons (Fsp3) is 0.800. The minimum absolute atomic E-state index is 0.214. The summed E-state index contributed by atoms with van der Waals surface area (Å²) in [7, 11) is 0. The molecule has 0 aromatic carbocycles. The highest BCUT2D eigenvalue weighted by molar-refractivity contribution is 4.81. The monoisotopic (exact) mass is 194 g/mol. The normalized spacial score (nSPS) is 12.6. The summed E-state index contributed by atoms with van der Waals surface area (Å²) in [5.74, 6) is 0. The molecule has 0 bridgehead atoms. The Hall–Kier alpha value is -0.470. The molecule has 78 valence electrons. The highest BCUT2D eigenvalue weighted by atomic mass is 19.4. The van der Waals surface area contributed by atoms with Gasteiger partial charge in [-0.1, -0.05) is 31.9 Å².